The number of rotatable bonds is 9. The van der Waals surface area contributed by atoms with Crippen molar-refractivity contribution in [1.82, 2.24) is 0 Å². The van der Waals surface area contributed by atoms with Gasteiger partial charge >= 0.3 is 0 Å². The van der Waals surface area contributed by atoms with Crippen LogP contribution in [-0.4, -0.2) is 31.5 Å². The van der Waals surface area contributed by atoms with Gasteiger partial charge in [-0.3, -0.25) is 0 Å². The van der Waals surface area contributed by atoms with Crippen LogP contribution in [0.2, 0.25) is 0 Å². The summed E-state index contributed by atoms with van der Waals surface area (Å²) >= 11 is 0. The molecule has 1 N–H and O–H groups in total. The van der Waals surface area contributed by atoms with Crippen LogP contribution in [0.1, 0.15) is 37.3 Å². The second-order valence-corrected chi connectivity index (χ2v) is 4.60. The van der Waals surface area contributed by atoms with Gasteiger partial charge in [-0.15, -0.1) is 0 Å². The number of hydrogen-bond donors (Lipinski definition) is 1. The van der Waals surface area contributed by atoms with Crippen LogP contribution < -0.4 is 0 Å². The normalized spacial score (nSPS) is 10.2. The second-order valence-electron chi connectivity index (χ2n) is 4.60. The summed E-state index contributed by atoms with van der Waals surface area (Å²) in [5.74, 6) is 5.34. The van der Waals surface area contributed by atoms with Gasteiger partial charge in [0, 0.05) is 18.6 Å². The van der Waals surface area contributed by atoms with E-state index in [1.165, 1.54) is 12.1 Å². The highest BCUT2D eigenvalue weighted by atomic mass is 19.1. The van der Waals surface area contributed by atoms with Crippen molar-refractivity contribution < 1.29 is 19.0 Å². The molecule has 0 aliphatic carbocycles. The summed E-state index contributed by atoms with van der Waals surface area (Å²) < 4.78 is 24.2. The minimum absolute atomic E-state index is 0.00322. The van der Waals surface area contributed by atoms with Crippen molar-refractivity contribution in [3.8, 4) is 11.8 Å². The van der Waals surface area contributed by atoms with Crippen molar-refractivity contribution in [3.63, 3.8) is 0 Å². The third-order valence-corrected chi connectivity index (χ3v) is 2.80. The van der Waals surface area contributed by atoms with Crippen LogP contribution in [0, 0.1) is 17.7 Å². The summed E-state index contributed by atoms with van der Waals surface area (Å²) in [5.41, 5.74) is 1.45. The first kappa shape index (κ1) is 17.6. The molecule has 0 radical (unpaired) electrons. The maximum Gasteiger partial charge on any atom is 0.124 e. The van der Waals surface area contributed by atoms with Crippen LogP contribution in [-0.2, 0) is 16.1 Å². The van der Waals surface area contributed by atoms with Gasteiger partial charge < -0.3 is 14.6 Å². The van der Waals surface area contributed by atoms with Gasteiger partial charge in [0.15, 0.2) is 0 Å². The Morgan fingerprint density at radius 1 is 1.19 bits per heavy atom. The Morgan fingerprint density at radius 3 is 2.76 bits per heavy atom. The van der Waals surface area contributed by atoms with Crippen LogP contribution in [0.4, 0.5) is 4.39 Å². The molecule has 0 amide bonds. The summed E-state index contributed by atoms with van der Waals surface area (Å²) in [6, 6.07) is 4.46. The highest BCUT2D eigenvalue weighted by molar-refractivity contribution is 5.41. The minimum atomic E-state index is -0.324. The van der Waals surface area contributed by atoms with E-state index in [9.17, 15) is 4.39 Å². The van der Waals surface area contributed by atoms with Crippen LogP contribution in [0.3, 0.4) is 0 Å². The van der Waals surface area contributed by atoms with E-state index in [0.717, 1.165) is 25.0 Å². The van der Waals surface area contributed by atoms with E-state index in [1.54, 1.807) is 6.07 Å². The van der Waals surface area contributed by atoms with Crippen molar-refractivity contribution in [2.45, 2.75) is 32.8 Å². The maximum absolute atomic E-state index is 13.2. The van der Waals surface area contributed by atoms with Crippen molar-refractivity contribution in [2.75, 3.05) is 26.4 Å². The molecule has 0 heterocycles. The Bertz CT molecular complexity index is 463. The number of aliphatic hydroxyl groups excluding tert-OH is 1. The smallest absolute Gasteiger partial charge is 0.124 e. The lowest BCUT2D eigenvalue weighted by Gasteiger charge is -2.07. The first-order valence-corrected chi connectivity index (χ1v) is 7.31. The second kappa shape index (κ2) is 11.3. The largest absolute Gasteiger partial charge is 0.395 e. The summed E-state index contributed by atoms with van der Waals surface area (Å²) in [6.45, 7) is 4.32. The quantitative estimate of drug-likeness (QED) is 0.562. The number of ether oxygens (including phenoxy) is 2. The zero-order valence-corrected chi connectivity index (χ0v) is 12.5. The van der Waals surface area contributed by atoms with E-state index in [0.29, 0.717) is 31.8 Å². The fourth-order valence-electron chi connectivity index (χ4n) is 1.65. The van der Waals surface area contributed by atoms with Gasteiger partial charge in [-0.2, -0.15) is 0 Å². The molecule has 0 aromatic heterocycles. The zero-order valence-electron chi connectivity index (χ0n) is 12.5. The Hall–Kier alpha value is -1.41. The fourth-order valence-corrected chi connectivity index (χ4v) is 1.65. The Kier molecular flexibility index (Phi) is 9.47. The number of halogens is 1. The molecular formula is C17H23FO3. The Balaban J connectivity index is 2.42. The third kappa shape index (κ3) is 7.81. The van der Waals surface area contributed by atoms with Crippen LogP contribution >= 0.6 is 0 Å². The van der Waals surface area contributed by atoms with Gasteiger partial charge in [0.2, 0.25) is 0 Å². The monoisotopic (exact) mass is 294 g/mol. The Labute approximate surface area is 126 Å². The predicted molar refractivity (Wildman–Crippen MR) is 80.4 cm³/mol. The number of benzene rings is 1. The summed E-state index contributed by atoms with van der Waals surface area (Å²) in [7, 11) is 0. The molecule has 116 valence electrons. The van der Waals surface area contributed by atoms with E-state index >= 15 is 0 Å². The fraction of sp³-hybridized carbons (Fsp3) is 0.529. The van der Waals surface area contributed by atoms with Gasteiger partial charge in [0.25, 0.3) is 0 Å². The molecule has 0 aliphatic heterocycles. The van der Waals surface area contributed by atoms with Crippen LogP contribution in [0.15, 0.2) is 18.2 Å². The molecule has 21 heavy (non-hydrogen) atoms. The van der Waals surface area contributed by atoms with Crippen molar-refractivity contribution >= 4 is 0 Å². The number of hydrogen-bond acceptors (Lipinski definition) is 3. The molecule has 0 unspecified atom stereocenters. The lowest BCUT2D eigenvalue weighted by atomic mass is 10.1. The minimum Gasteiger partial charge on any atom is -0.395 e. The predicted octanol–water partition coefficient (Wildman–Crippen LogP) is 2.89. The topological polar surface area (TPSA) is 38.7 Å². The summed E-state index contributed by atoms with van der Waals surface area (Å²) in [5, 5.41) is 8.72. The van der Waals surface area contributed by atoms with E-state index < -0.39 is 0 Å². The molecule has 0 saturated carbocycles. The van der Waals surface area contributed by atoms with Gasteiger partial charge in [0.1, 0.15) is 5.82 Å². The highest BCUT2D eigenvalue weighted by Gasteiger charge is 2.02. The van der Waals surface area contributed by atoms with Gasteiger partial charge in [0.05, 0.1) is 26.4 Å². The molecule has 0 atom stereocenters. The zero-order chi connectivity index (χ0) is 15.3. The van der Waals surface area contributed by atoms with E-state index in [-0.39, 0.29) is 12.4 Å². The molecule has 3 nitrogen and oxygen atoms in total. The van der Waals surface area contributed by atoms with E-state index in [4.69, 9.17) is 14.6 Å². The molecule has 0 fully saturated rings. The molecule has 0 spiro atoms. The van der Waals surface area contributed by atoms with Crippen LogP contribution in [0.5, 0.6) is 0 Å². The standard InChI is InChI=1S/C17H23FO3/c1-2-3-10-20-11-12-21-14-16-7-8-17(18)13-15(16)6-4-5-9-19/h7-8,13,19H,2-3,5,9-12,14H2,1H3. The molecule has 0 saturated heterocycles. The maximum atomic E-state index is 13.2. The molecule has 1 aromatic rings. The lowest BCUT2D eigenvalue weighted by molar-refractivity contribution is 0.0396. The highest BCUT2D eigenvalue weighted by Crippen LogP contribution is 2.11. The van der Waals surface area contributed by atoms with Gasteiger partial charge in [-0.25, -0.2) is 4.39 Å². The average molecular weight is 294 g/mol. The molecule has 1 aromatic carbocycles. The first-order valence-electron chi connectivity index (χ1n) is 7.31. The summed E-state index contributed by atoms with van der Waals surface area (Å²) in [4.78, 5) is 0. The van der Waals surface area contributed by atoms with Gasteiger partial charge in [-0.1, -0.05) is 31.3 Å². The SMILES string of the molecule is CCCCOCCOCc1ccc(F)cc1C#CCCO. The molecule has 1 rings (SSSR count). The van der Waals surface area contributed by atoms with E-state index in [1.807, 2.05) is 0 Å². The molecule has 0 aliphatic rings. The lowest BCUT2D eigenvalue weighted by Crippen LogP contribution is -2.06. The van der Waals surface area contributed by atoms with Gasteiger partial charge in [-0.05, 0) is 24.1 Å². The average Bonchev–Trinajstić information content (AvgIpc) is 2.48. The summed E-state index contributed by atoms with van der Waals surface area (Å²) in [6.07, 6.45) is 2.55. The van der Waals surface area contributed by atoms with Crippen LogP contribution in [0.25, 0.3) is 0 Å². The van der Waals surface area contributed by atoms with Crippen molar-refractivity contribution in [2.24, 2.45) is 0 Å². The van der Waals surface area contributed by atoms with E-state index in [2.05, 4.69) is 18.8 Å². The number of unbranched alkanes of at least 4 members (excludes halogenated alkanes) is 1. The van der Waals surface area contributed by atoms with Crippen molar-refractivity contribution in [1.29, 1.82) is 0 Å². The van der Waals surface area contributed by atoms with Crippen molar-refractivity contribution in [3.05, 3.63) is 35.1 Å². The first-order chi connectivity index (χ1) is 10.3. The molecular weight excluding hydrogens is 271 g/mol. The third-order valence-electron chi connectivity index (χ3n) is 2.80. The molecule has 0 bridgehead atoms. The number of aliphatic hydroxyl groups is 1. The molecule has 4 heteroatoms. The Morgan fingerprint density at radius 2 is 2.00 bits per heavy atom.